The van der Waals surface area contributed by atoms with Crippen molar-refractivity contribution in [2.24, 2.45) is 11.8 Å². The molecule has 0 saturated carbocycles. The van der Waals surface area contributed by atoms with Crippen LogP contribution in [0.5, 0.6) is 5.75 Å². The summed E-state index contributed by atoms with van der Waals surface area (Å²) in [7, 11) is 0. The van der Waals surface area contributed by atoms with Crippen molar-refractivity contribution in [3.8, 4) is 5.75 Å². The van der Waals surface area contributed by atoms with Gasteiger partial charge in [0, 0.05) is 5.56 Å². The van der Waals surface area contributed by atoms with Gasteiger partial charge in [-0.25, -0.2) is 0 Å². The Bertz CT molecular complexity index is 667. The van der Waals surface area contributed by atoms with Crippen LogP contribution in [0.1, 0.15) is 37.0 Å². The Kier molecular flexibility index (Phi) is 6.16. The van der Waals surface area contributed by atoms with Gasteiger partial charge < -0.3 is 9.84 Å². The fourth-order valence-electron chi connectivity index (χ4n) is 2.62. The van der Waals surface area contributed by atoms with Crippen molar-refractivity contribution in [1.82, 2.24) is 10.9 Å². The maximum Gasteiger partial charge on any atom is 0.307 e. The van der Waals surface area contributed by atoms with Gasteiger partial charge in [-0.2, -0.15) is 0 Å². The number of hydrazine groups is 1. The first-order chi connectivity index (χ1) is 11.9. The van der Waals surface area contributed by atoms with Gasteiger partial charge in [0.1, 0.15) is 5.75 Å². The Morgan fingerprint density at radius 3 is 2.20 bits per heavy atom. The first kappa shape index (κ1) is 18.5. The van der Waals surface area contributed by atoms with Crippen molar-refractivity contribution in [3.05, 3.63) is 42.0 Å². The highest BCUT2D eigenvalue weighted by atomic mass is 16.5. The van der Waals surface area contributed by atoms with E-state index in [-0.39, 0.29) is 6.10 Å². The predicted molar refractivity (Wildman–Crippen MR) is 90.8 cm³/mol. The van der Waals surface area contributed by atoms with Crippen molar-refractivity contribution in [3.63, 3.8) is 0 Å². The van der Waals surface area contributed by atoms with Crippen LogP contribution in [0.3, 0.4) is 0 Å². The highest BCUT2D eigenvalue weighted by Gasteiger charge is 2.34. The molecule has 0 radical (unpaired) electrons. The monoisotopic (exact) mass is 346 g/mol. The number of nitrogens with one attached hydrogen (secondary N) is 2. The van der Waals surface area contributed by atoms with Gasteiger partial charge in [-0.3, -0.25) is 25.2 Å². The zero-order valence-electron chi connectivity index (χ0n) is 14.2. The number of hydrogen-bond acceptors (Lipinski definition) is 4. The smallest absolute Gasteiger partial charge is 0.307 e. The van der Waals surface area contributed by atoms with Crippen molar-refractivity contribution in [2.75, 3.05) is 0 Å². The number of ether oxygens (including phenoxy) is 1. The molecule has 7 heteroatoms. The third kappa shape index (κ3) is 5.07. The van der Waals surface area contributed by atoms with E-state index in [1.807, 2.05) is 13.8 Å². The molecule has 1 aliphatic rings. The topological polar surface area (TPSA) is 105 Å². The largest absolute Gasteiger partial charge is 0.491 e. The van der Waals surface area contributed by atoms with Crippen LogP contribution in [-0.2, 0) is 9.59 Å². The van der Waals surface area contributed by atoms with Gasteiger partial charge in [-0.1, -0.05) is 12.2 Å². The van der Waals surface area contributed by atoms with Crippen LogP contribution in [0.25, 0.3) is 0 Å². The van der Waals surface area contributed by atoms with E-state index in [2.05, 4.69) is 10.9 Å². The van der Waals surface area contributed by atoms with Crippen LogP contribution < -0.4 is 15.6 Å². The molecule has 1 aromatic carbocycles. The van der Waals surface area contributed by atoms with Gasteiger partial charge in [0.2, 0.25) is 5.91 Å². The lowest BCUT2D eigenvalue weighted by Gasteiger charge is -2.24. The lowest BCUT2D eigenvalue weighted by molar-refractivity contribution is -0.147. The average molecular weight is 346 g/mol. The number of allylic oxidation sites excluding steroid dienone is 2. The fraction of sp³-hybridized carbons (Fsp3) is 0.389. The summed E-state index contributed by atoms with van der Waals surface area (Å²) in [6.07, 6.45) is 4.20. The summed E-state index contributed by atoms with van der Waals surface area (Å²) in [4.78, 5) is 35.5. The third-order valence-corrected chi connectivity index (χ3v) is 3.87. The molecule has 0 heterocycles. The second-order valence-electron chi connectivity index (χ2n) is 6.13. The Morgan fingerprint density at radius 2 is 1.64 bits per heavy atom. The van der Waals surface area contributed by atoms with Gasteiger partial charge >= 0.3 is 5.97 Å². The van der Waals surface area contributed by atoms with E-state index in [1.54, 1.807) is 36.4 Å². The molecule has 1 aromatic rings. The molecular weight excluding hydrogens is 324 g/mol. The molecule has 2 amide bonds. The van der Waals surface area contributed by atoms with E-state index in [1.165, 1.54) is 0 Å². The molecule has 0 aliphatic heterocycles. The summed E-state index contributed by atoms with van der Waals surface area (Å²) in [5, 5.41) is 9.19. The normalized spacial score (nSPS) is 19.3. The summed E-state index contributed by atoms with van der Waals surface area (Å²) < 4.78 is 5.50. The quantitative estimate of drug-likeness (QED) is 0.558. The molecule has 7 nitrogen and oxygen atoms in total. The second kappa shape index (κ2) is 8.32. The van der Waals surface area contributed by atoms with Crippen LogP contribution in [-0.4, -0.2) is 29.0 Å². The van der Waals surface area contributed by atoms with E-state index in [4.69, 9.17) is 4.74 Å². The number of carbonyl (C=O) groups excluding carboxylic acids is 2. The SMILES string of the molecule is CC(C)Oc1ccc(C(=O)NNC(=O)[C@@H]2CC=CC[C@@H]2C(=O)O)cc1. The molecule has 0 fully saturated rings. The number of carboxylic acids is 1. The Morgan fingerprint density at radius 1 is 1.04 bits per heavy atom. The fourth-order valence-corrected chi connectivity index (χ4v) is 2.62. The lowest BCUT2D eigenvalue weighted by Crippen LogP contribution is -2.47. The standard InChI is InChI=1S/C18H22N2O5/c1-11(2)25-13-9-7-12(8-10-13)16(21)19-20-17(22)14-5-3-4-6-15(14)18(23)24/h3-4,7-11,14-15H,5-6H2,1-2H3,(H,19,21)(H,20,22)(H,23,24)/t14-,15+/m1/s1. The third-order valence-electron chi connectivity index (χ3n) is 3.87. The Balaban J connectivity index is 1.91. The number of carboxylic acid groups (broad SMARTS) is 1. The second-order valence-corrected chi connectivity index (χ2v) is 6.13. The first-order valence-corrected chi connectivity index (χ1v) is 8.13. The number of amides is 2. The summed E-state index contributed by atoms with van der Waals surface area (Å²) in [6, 6.07) is 6.51. The maximum absolute atomic E-state index is 12.2. The van der Waals surface area contributed by atoms with E-state index < -0.39 is 29.6 Å². The number of hydrogen-bond donors (Lipinski definition) is 3. The molecule has 0 bridgehead atoms. The van der Waals surface area contributed by atoms with Gasteiger partial charge in [0.15, 0.2) is 0 Å². The van der Waals surface area contributed by atoms with Crippen LogP contribution in [0.4, 0.5) is 0 Å². The minimum Gasteiger partial charge on any atom is -0.491 e. The highest BCUT2D eigenvalue weighted by molar-refractivity contribution is 5.96. The van der Waals surface area contributed by atoms with E-state index in [9.17, 15) is 19.5 Å². The molecule has 2 atom stereocenters. The molecular formula is C18H22N2O5. The number of benzene rings is 1. The molecule has 0 spiro atoms. The van der Waals surface area contributed by atoms with Gasteiger partial charge in [-0.05, 0) is 51.0 Å². The molecule has 3 N–H and O–H groups in total. The number of rotatable bonds is 5. The van der Waals surface area contributed by atoms with E-state index in [0.29, 0.717) is 24.2 Å². The summed E-state index contributed by atoms with van der Waals surface area (Å²) >= 11 is 0. The van der Waals surface area contributed by atoms with Crippen LogP contribution in [0.2, 0.25) is 0 Å². The van der Waals surface area contributed by atoms with Crippen LogP contribution in [0, 0.1) is 11.8 Å². The van der Waals surface area contributed by atoms with Gasteiger partial charge in [0.05, 0.1) is 17.9 Å². The summed E-state index contributed by atoms with van der Waals surface area (Å²) in [5.41, 5.74) is 4.99. The van der Waals surface area contributed by atoms with Crippen LogP contribution in [0.15, 0.2) is 36.4 Å². The van der Waals surface area contributed by atoms with Gasteiger partial charge in [-0.15, -0.1) is 0 Å². The Labute approximate surface area is 146 Å². The average Bonchev–Trinajstić information content (AvgIpc) is 2.59. The maximum atomic E-state index is 12.2. The summed E-state index contributed by atoms with van der Waals surface area (Å²) in [6.45, 7) is 3.81. The number of carbonyl (C=O) groups is 3. The van der Waals surface area contributed by atoms with E-state index in [0.717, 1.165) is 0 Å². The molecule has 0 aromatic heterocycles. The first-order valence-electron chi connectivity index (χ1n) is 8.13. The molecule has 2 rings (SSSR count). The molecule has 25 heavy (non-hydrogen) atoms. The highest BCUT2D eigenvalue weighted by Crippen LogP contribution is 2.25. The van der Waals surface area contributed by atoms with Crippen molar-refractivity contribution in [1.29, 1.82) is 0 Å². The van der Waals surface area contributed by atoms with Crippen molar-refractivity contribution in [2.45, 2.75) is 32.8 Å². The van der Waals surface area contributed by atoms with E-state index >= 15 is 0 Å². The number of aliphatic carboxylic acids is 1. The molecule has 0 unspecified atom stereocenters. The van der Waals surface area contributed by atoms with Crippen molar-refractivity contribution < 1.29 is 24.2 Å². The zero-order chi connectivity index (χ0) is 18.4. The summed E-state index contributed by atoms with van der Waals surface area (Å²) in [5.74, 6) is -2.85. The zero-order valence-corrected chi connectivity index (χ0v) is 14.2. The molecule has 134 valence electrons. The predicted octanol–water partition coefficient (Wildman–Crippen LogP) is 1.90. The Hall–Kier alpha value is -2.83. The van der Waals surface area contributed by atoms with Crippen LogP contribution >= 0.6 is 0 Å². The lowest BCUT2D eigenvalue weighted by atomic mass is 9.82. The minimum atomic E-state index is -1.02. The van der Waals surface area contributed by atoms with Gasteiger partial charge in [0.25, 0.3) is 5.91 Å². The van der Waals surface area contributed by atoms with Crippen molar-refractivity contribution >= 4 is 17.8 Å². The molecule has 1 aliphatic carbocycles. The molecule has 0 saturated heterocycles. The minimum absolute atomic E-state index is 0.0330.